The molecule has 0 unspecified atom stereocenters. The van der Waals surface area contributed by atoms with E-state index < -0.39 is 0 Å². The molecule has 1 heterocycles. The fourth-order valence-electron chi connectivity index (χ4n) is 2.87. The second-order valence-electron chi connectivity index (χ2n) is 6.55. The maximum absolute atomic E-state index is 5.37. The summed E-state index contributed by atoms with van der Waals surface area (Å²) in [6.45, 7) is 6.72. The second-order valence-corrected chi connectivity index (χ2v) is 6.94. The molecule has 1 N–H and O–H groups in total. The number of hydrogen-bond acceptors (Lipinski definition) is 2. The predicted octanol–water partition coefficient (Wildman–Crippen LogP) is 4.63. The molecule has 2 aromatic rings. The maximum atomic E-state index is 5.37. The van der Waals surface area contributed by atoms with Gasteiger partial charge in [0.25, 0.3) is 0 Å². The lowest BCUT2D eigenvalue weighted by Gasteiger charge is -2.14. The molecule has 0 bridgehead atoms. The molecule has 112 valence electrons. The molecule has 1 aromatic carbocycles. The zero-order valence-corrected chi connectivity index (χ0v) is 13.8. The van der Waals surface area contributed by atoms with Gasteiger partial charge in [-0.1, -0.05) is 45.0 Å². The number of nitrogens with zero attached hydrogens (tertiary/aromatic N) is 2. The van der Waals surface area contributed by atoms with Crippen LogP contribution in [-0.2, 0) is 6.42 Å². The first-order valence-electron chi connectivity index (χ1n) is 7.82. The standard InChI is InChI=1S/C17H23N3S/c1-11(2)10-13-4-6-14(7-5-13)12(3)16-18-19-17(21)20(16)15-8-9-15/h4-7,11-12,15H,8-10H2,1-3H3,(H,19,21)/t12-/m0/s1. The van der Waals surface area contributed by atoms with Gasteiger partial charge in [-0.15, -0.1) is 0 Å². The van der Waals surface area contributed by atoms with E-state index in [4.69, 9.17) is 12.2 Å². The van der Waals surface area contributed by atoms with E-state index in [0.717, 1.165) is 17.0 Å². The van der Waals surface area contributed by atoms with Gasteiger partial charge in [0.1, 0.15) is 5.82 Å². The van der Waals surface area contributed by atoms with Crippen molar-refractivity contribution >= 4 is 12.2 Å². The van der Waals surface area contributed by atoms with E-state index in [9.17, 15) is 0 Å². The zero-order valence-electron chi connectivity index (χ0n) is 13.0. The molecule has 4 heteroatoms. The number of nitrogens with one attached hydrogen (secondary N) is 1. The number of benzene rings is 1. The highest BCUT2D eigenvalue weighted by Gasteiger charge is 2.29. The summed E-state index contributed by atoms with van der Waals surface area (Å²) in [5, 5.41) is 7.43. The number of aromatic nitrogens is 3. The molecule has 1 atom stereocenters. The molecule has 1 fully saturated rings. The summed E-state index contributed by atoms with van der Waals surface area (Å²) in [5.74, 6) is 2.03. The van der Waals surface area contributed by atoms with E-state index in [0.29, 0.717) is 12.0 Å². The lowest BCUT2D eigenvalue weighted by Crippen LogP contribution is -2.07. The van der Waals surface area contributed by atoms with Crippen LogP contribution in [0.15, 0.2) is 24.3 Å². The molecule has 3 rings (SSSR count). The van der Waals surface area contributed by atoms with Crippen molar-refractivity contribution in [1.82, 2.24) is 14.8 Å². The quantitative estimate of drug-likeness (QED) is 0.817. The van der Waals surface area contributed by atoms with Crippen LogP contribution in [-0.4, -0.2) is 14.8 Å². The minimum Gasteiger partial charge on any atom is -0.301 e. The molecule has 21 heavy (non-hydrogen) atoms. The number of H-pyrrole nitrogens is 1. The van der Waals surface area contributed by atoms with E-state index in [1.54, 1.807) is 0 Å². The van der Waals surface area contributed by atoms with Gasteiger partial charge in [-0.3, -0.25) is 5.10 Å². The van der Waals surface area contributed by atoms with Crippen molar-refractivity contribution in [3.63, 3.8) is 0 Å². The van der Waals surface area contributed by atoms with Crippen molar-refractivity contribution in [1.29, 1.82) is 0 Å². The minimum absolute atomic E-state index is 0.270. The largest absolute Gasteiger partial charge is 0.301 e. The van der Waals surface area contributed by atoms with Gasteiger partial charge in [-0.05, 0) is 48.5 Å². The monoisotopic (exact) mass is 301 g/mol. The SMILES string of the molecule is CC(C)Cc1ccc([C@H](C)c2n[nH]c(=S)n2C2CC2)cc1. The Morgan fingerprint density at radius 2 is 1.90 bits per heavy atom. The van der Waals surface area contributed by atoms with Gasteiger partial charge in [0.05, 0.1) is 0 Å². The summed E-state index contributed by atoms with van der Waals surface area (Å²) in [6, 6.07) is 9.52. The van der Waals surface area contributed by atoms with Gasteiger partial charge in [-0.2, -0.15) is 5.10 Å². The second kappa shape index (κ2) is 5.76. The van der Waals surface area contributed by atoms with Crippen LogP contribution in [0.4, 0.5) is 0 Å². The van der Waals surface area contributed by atoms with Crippen LogP contribution in [0.25, 0.3) is 0 Å². The first-order chi connectivity index (χ1) is 10.1. The summed E-state index contributed by atoms with van der Waals surface area (Å²) in [7, 11) is 0. The number of aromatic amines is 1. The summed E-state index contributed by atoms with van der Waals surface area (Å²) >= 11 is 5.37. The first-order valence-corrected chi connectivity index (χ1v) is 8.22. The Bertz CT molecular complexity index is 662. The van der Waals surface area contributed by atoms with Gasteiger partial charge < -0.3 is 4.57 Å². The Morgan fingerprint density at radius 3 is 2.48 bits per heavy atom. The molecular weight excluding hydrogens is 278 g/mol. The van der Waals surface area contributed by atoms with Gasteiger partial charge in [0, 0.05) is 12.0 Å². The average Bonchev–Trinajstić information content (AvgIpc) is 3.21. The zero-order chi connectivity index (χ0) is 15.0. The molecule has 1 saturated carbocycles. The Hall–Kier alpha value is -1.42. The topological polar surface area (TPSA) is 33.6 Å². The van der Waals surface area contributed by atoms with E-state index in [2.05, 4.69) is 59.8 Å². The van der Waals surface area contributed by atoms with Crippen LogP contribution in [0.5, 0.6) is 0 Å². The van der Waals surface area contributed by atoms with Gasteiger partial charge >= 0.3 is 0 Å². The van der Waals surface area contributed by atoms with Crippen LogP contribution in [0.1, 0.15) is 62.5 Å². The molecule has 0 amide bonds. The van der Waals surface area contributed by atoms with E-state index in [-0.39, 0.29) is 5.92 Å². The van der Waals surface area contributed by atoms with E-state index in [1.807, 2.05) is 0 Å². The Labute approximate surface area is 131 Å². The molecule has 0 radical (unpaired) electrons. The molecule has 0 spiro atoms. The third-order valence-electron chi connectivity index (χ3n) is 4.15. The normalized spacial score (nSPS) is 16.4. The Kier molecular flexibility index (Phi) is 3.98. The van der Waals surface area contributed by atoms with Crippen LogP contribution in [0.3, 0.4) is 0 Å². The summed E-state index contributed by atoms with van der Waals surface area (Å²) in [4.78, 5) is 0. The van der Waals surface area contributed by atoms with Crippen molar-refractivity contribution in [2.24, 2.45) is 5.92 Å². The number of rotatable bonds is 5. The van der Waals surface area contributed by atoms with Gasteiger partial charge in [-0.25, -0.2) is 0 Å². The van der Waals surface area contributed by atoms with Crippen molar-refractivity contribution in [3.05, 3.63) is 46.0 Å². The van der Waals surface area contributed by atoms with Crippen LogP contribution < -0.4 is 0 Å². The Balaban J connectivity index is 1.85. The smallest absolute Gasteiger partial charge is 0.195 e. The van der Waals surface area contributed by atoms with Crippen LogP contribution in [0.2, 0.25) is 0 Å². The Morgan fingerprint density at radius 1 is 1.24 bits per heavy atom. The predicted molar refractivity (Wildman–Crippen MR) is 88.2 cm³/mol. The summed E-state index contributed by atoms with van der Waals surface area (Å²) < 4.78 is 2.97. The van der Waals surface area contributed by atoms with Crippen molar-refractivity contribution in [2.75, 3.05) is 0 Å². The fraction of sp³-hybridized carbons (Fsp3) is 0.529. The van der Waals surface area contributed by atoms with Gasteiger partial charge in [0.15, 0.2) is 4.77 Å². The molecule has 3 nitrogen and oxygen atoms in total. The van der Waals surface area contributed by atoms with Crippen molar-refractivity contribution < 1.29 is 0 Å². The number of hydrogen-bond donors (Lipinski definition) is 1. The summed E-state index contributed by atoms with van der Waals surface area (Å²) in [6.07, 6.45) is 3.58. The molecule has 1 aromatic heterocycles. The average molecular weight is 301 g/mol. The van der Waals surface area contributed by atoms with Crippen LogP contribution >= 0.6 is 12.2 Å². The van der Waals surface area contributed by atoms with Crippen LogP contribution in [0, 0.1) is 10.7 Å². The molecule has 1 aliphatic rings. The highest BCUT2D eigenvalue weighted by molar-refractivity contribution is 7.71. The highest BCUT2D eigenvalue weighted by Crippen LogP contribution is 2.38. The van der Waals surface area contributed by atoms with Crippen molar-refractivity contribution in [2.45, 2.75) is 52.0 Å². The molecular formula is C17H23N3S. The van der Waals surface area contributed by atoms with E-state index >= 15 is 0 Å². The van der Waals surface area contributed by atoms with Gasteiger partial charge in [0.2, 0.25) is 0 Å². The lowest BCUT2D eigenvalue weighted by atomic mass is 9.96. The third-order valence-corrected chi connectivity index (χ3v) is 4.44. The highest BCUT2D eigenvalue weighted by atomic mass is 32.1. The summed E-state index contributed by atoms with van der Waals surface area (Å²) in [5.41, 5.74) is 2.71. The fourth-order valence-corrected chi connectivity index (χ4v) is 3.16. The first kappa shape index (κ1) is 14.5. The third kappa shape index (κ3) is 3.10. The molecule has 0 aliphatic heterocycles. The molecule has 0 saturated heterocycles. The minimum atomic E-state index is 0.270. The maximum Gasteiger partial charge on any atom is 0.195 e. The van der Waals surface area contributed by atoms with E-state index in [1.165, 1.54) is 24.0 Å². The molecule has 1 aliphatic carbocycles. The van der Waals surface area contributed by atoms with Crippen molar-refractivity contribution in [3.8, 4) is 0 Å². The lowest BCUT2D eigenvalue weighted by molar-refractivity contribution is 0.643.